The molecule has 0 saturated heterocycles. The standard InChI is InChI=1S/C76H72BN3/c1-50(2)51-31-36-58(37-32-51)78(57-27-19-14-20-28-57)61-41-43-66-69(49-61)80(60-40-42-63-62-29-21-22-30-64(62)76(65(63)48-60,53-23-15-12-16-24-53)54-25-17-13-18-26-54)71-47-56(75(9,10)11)46-70-72(71)77(66)67-45-55(74(6,7)8)35-44-68(67)79(70)59-38-33-52(34-39-59)73(3,4)5/h12-50H,1-11H3. The number of anilines is 9. The van der Waals surface area contributed by atoms with Crippen LogP contribution in [-0.2, 0) is 21.7 Å². The van der Waals surface area contributed by atoms with Crippen LogP contribution in [0.1, 0.15) is 127 Å². The van der Waals surface area contributed by atoms with E-state index in [0.717, 1.165) is 28.4 Å². The van der Waals surface area contributed by atoms with Gasteiger partial charge in [-0.05, 0) is 173 Å². The van der Waals surface area contributed by atoms with Gasteiger partial charge in [0, 0.05) is 51.2 Å². The zero-order chi connectivity index (χ0) is 55.5. The SMILES string of the molecule is CC(C)c1ccc(N(c2ccccc2)c2ccc3c(c2)N(c2ccc4c(c2)C(c2ccccc2)(c2ccccc2)c2ccccc2-4)c2cc(C(C)(C)C)cc4c2B3c2cc(C(C)(C)C)ccc2N4c2ccc(C(C)(C)C)cc2)cc1. The molecule has 0 amide bonds. The Morgan fingerprint density at radius 3 is 1.49 bits per heavy atom. The van der Waals surface area contributed by atoms with Gasteiger partial charge in [0.2, 0.25) is 0 Å². The first-order chi connectivity index (χ1) is 38.4. The van der Waals surface area contributed by atoms with Crippen molar-refractivity contribution in [2.24, 2.45) is 0 Å². The lowest BCUT2D eigenvalue weighted by atomic mass is 9.33. The van der Waals surface area contributed by atoms with Crippen LogP contribution in [0.5, 0.6) is 0 Å². The van der Waals surface area contributed by atoms with Gasteiger partial charge in [0.05, 0.1) is 5.41 Å². The van der Waals surface area contributed by atoms with Gasteiger partial charge in [-0.15, -0.1) is 0 Å². The van der Waals surface area contributed by atoms with Gasteiger partial charge in [-0.3, -0.25) is 0 Å². The van der Waals surface area contributed by atoms with Crippen molar-refractivity contribution in [2.75, 3.05) is 14.7 Å². The highest BCUT2D eigenvalue weighted by Crippen LogP contribution is 2.58. The van der Waals surface area contributed by atoms with Crippen LogP contribution in [0.4, 0.5) is 51.2 Å². The highest BCUT2D eigenvalue weighted by molar-refractivity contribution is 7.00. The van der Waals surface area contributed by atoms with Gasteiger partial charge < -0.3 is 14.7 Å². The molecule has 0 bridgehead atoms. The smallest absolute Gasteiger partial charge is 0.252 e. The maximum absolute atomic E-state index is 2.65. The largest absolute Gasteiger partial charge is 0.311 e. The van der Waals surface area contributed by atoms with Crippen LogP contribution in [-0.4, -0.2) is 6.71 Å². The Hall–Kier alpha value is -8.34. The fourth-order valence-electron chi connectivity index (χ4n) is 13.3. The number of benzene rings is 10. The Kier molecular flexibility index (Phi) is 12.1. The minimum atomic E-state index is -0.579. The lowest BCUT2D eigenvalue weighted by Gasteiger charge is -2.46. The van der Waals surface area contributed by atoms with E-state index in [2.05, 4.69) is 321 Å². The summed E-state index contributed by atoms with van der Waals surface area (Å²) in [6.45, 7) is 25.5. The average Bonchev–Trinajstić information content (AvgIpc) is 3.95. The summed E-state index contributed by atoms with van der Waals surface area (Å²) in [5.41, 5.74) is 26.5. The van der Waals surface area contributed by atoms with E-state index in [-0.39, 0.29) is 23.0 Å². The quantitative estimate of drug-likeness (QED) is 0.140. The molecule has 0 saturated carbocycles. The molecule has 3 nitrogen and oxygen atoms in total. The molecule has 2 aliphatic heterocycles. The molecule has 0 fully saturated rings. The van der Waals surface area contributed by atoms with Crippen molar-refractivity contribution in [3.8, 4) is 11.1 Å². The van der Waals surface area contributed by atoms with E-state index in [1.165, 1.54) is 94.8 Å². The summed E-state index contributed by atoms with van der Waals surface area (Å²) in [6.07, 6.45) is 0. The summed E-state index contributed by atoms with van der Waals surface area (Å²) in [7, 11) is 0. The summed E-state index contributed by atoms with van der Waals surface area (Å²) in [4.78, 5) is 7.68. The van der Waals surface area contributed by atoms with E-state index in [4.69, 9.17) is 0 Å². The van der Waals surface area contributed by atoms with Crippen molar-refractivity contribution in [3.63, 3.8) is 0 Å². The van der Waals surface area contributed by atoms with Gasteiger partial charge in [-0.1, -0.05) is 228 Å². The Morgan fingerprint density at radius 1 is 0.375 bits per heavy atom. The van der Waals surface area contributed by atoms with E-state index in [1.807, 2.05) is 0 Å². The summed E-state index contributed by atoms with van der Waals surface area (Å²) in [6, 6.07) is 88.2. The third-order valence-electron chi connectivity index (χ3n) is 17.6. The molecule has 80 heavy (non-hydrogen) atoms. The number of nitrogens with zero attached hydrogens (tertiary/aromatic N) is 3. The molecule has 2 heterocycles. The van der Waals surface area contributed by atoms with E-state index in [9.17, 15) is 0 Å². The molecule has 13 rings (SSSR count). The molecule has 4 heteroatoms. The maximum Gasteiger partial charge on any atom is 0.252 e. The van der Waals surface area contributed by atoms with Crippen LogP contribution in [0.3, 0.4) is 0 Å². The molecule has 0 radical (unpaired) electrons. The van der Waals surface area contributed by atoms with Crippen molar-refractivity contribution in [1.82, 2.24) is 0 Å². The summed E-state index contributed by atoms with van der Waals surface area (Å²) in [5, 5.41) is 0. The minimum Gasteiger partial charge on any atom is -0.311 e. The second-order valence-electron chi connectivity index (χ2n) is 26.0. The third kappa shape index (κ3) is 8.24. The molecule has 394 valence electrons. The topological polar surface area (TPSA) is 9.72 Å². The van der Waals surface area contributed by atoms with E-state index in [0.29, 0.717) is 5.92 Å². The zero-order valence-electron chi connectivity index (χ0n) is 48.4. The summed E-state index contributed by atoms with van der Waals surface area (Å²) < 4.78 is 0. The molecule has 3 aliphatic rings. The highest BCUT2D eigenvalue weighted by Gasteiger charge is 2.48. The van der Waals surface area contributed by atoms with Gasteiger partial charge in [0.15, 0.2) is 0 Å². The Labute approximate surface area is 476 Å². The van der Waals surface area contributed by atoms with Gasteiger partial charge in [0.1, 0.15) is 0 Å². The zero-order valence-corrected chi connectivity index (χ0v) is 48.4. The number of rotatable bonds is 8. The Morgan fingerprint density at radius 2 is 0.887 bits per heavy atom. The van der Waals surface area contributed by atoms with Crippen molar-refractivity contribution in [3.05, 3.63) is 275 Å². The maximum atomic E-state index is 2.65. The normalized spacial score (nSPS) is 14.1. The van der Waals surface area contributed by atoms with Crippen molar-refractivity contribution in [1.29, 1.82) is 0 Å². The Bertz CT molecular complexity index is 3930. The average molecular weight is 1040 g/mol. The molecule has 1 aliphatic carbocycles. The second-order valence-corrected chi connectivity index (χ2v) is 26.0. The molecule has 0 spiro atoms. The third-order valence-corrected chi connectivity index (χ3v) is 17.6. The summed E-state index contributed by atoms with van der Waals surface area (Å²) in [5.74, 6) is 0.424. The first-order valence-electron chi connectivity index (χ1n) is 28.9. The number of para-hydroxylation sites is 1. The van der Waals surface area contributed by atoms with Crippen LogP contribution in [0.2, 0.25) is 0 Å². The predicted octanol–water partition coefficient (Wildman–Crippen LogP) is 18.6. The van der Waals surface area contributed by atoms with Crippen molar-refractivity contribution >= 4 is 74.3 Å². The molecular weight excluding hydrogens is 966 g/mol. The van der Waals surface area contributed by atoms with Gasteiger partial charge in [-0.2, -0.15) is 0 Å². The first kappa shape index (κ1) is 51.1. The summed E-state index contributed by atoms with van der Waals surface area (Å²) >= 11 is 0. The fourth-order valence-corrected chi connectivity index (χ4v) is 13.3. The van der Waals surface area contributed by atoms with Crippen LogP contribution in [0, 0.1) is 0 Å². The molecule has 10 aromatic carbocycles. The van der Waals surface area contributed by atoms with E-state index in [1.54, 1.807) is 0 Å². The fraction of sp³-hybridized carbons (Fsp3) is 0.211. The predicted molar refractivity (Wildman–Crippen MR) is 343 cm³/mol. The first-order valence-corrected chi connectivity index (χ1v) is 28.9. The van der Waals surface area contributed by atoms with Gasteiger partial charge in [0.25, 0.3) is 6.71 Å². The lowest BCUT2D eigenvalue weighted by molar-refractivity contribution is 0.589. The van der Waals surface area contributed by atoms with Crippen LogP contribution in [0.25, 0.3) is 11.1 Å². The molecular formula is C76H72BN3. The second kappa shape index (κ2) is 18.9. The van der Waals surface area contributed by atoms with Crippen LogP contribution < -0.4 is 31.1 Å². The van der Waals surface area contributed by atoms with Crippen molar-refractivity contribution in [2.45, 2.75) is 104 Å². The minimum absolute atomic E-state index is 0.0168. The number of hydrogen-bond donors (Lipinski definition) is 0. The molecule has 0 N–H and O–H groups in total. The lowest BCUT2D eigenvalue weighted by Crippen LogP contribution is -2.61. The van der Waals surface area contributed by atoms with Gasteiger partial charge >= 0.3 is 0 Å². The van der Waals surface area contributed by atoms with Crippen LogP contribution >= 0.6 is 0 Å². The number of hydrogen-bond acceptors (Lipinski definition) is 3. The molecule has 0 atom stereocenters. The monoisotopic (exact) mass is 1040 g/mol. The number of fused-ring (bicyclic) bond motifs is 7. The molecule has 0 unspecified atom stereocenters. The van der Waals surface area contributed by atoms with E-state index < -0.39 is 5.41 Å². The van der Waals surface area contributed by atoms with E-state index >= 15 is 0 Å². The Balaban J connectivity index is 1.14. The molecule has 10 aromatic rings. The van der Waals surface area contributed by atoms with Gasteiger partial charge in [-0.25, -0.2) is 0 Å². The van der Waals surface area contributed by atoms with Crippen molar-refractivity contribution < 1.29 is 0 Å². The highest BCUT2D eigenvalue weighted by atomic mass is 15.2. The van der Waals surface area contributed by atoms with Crippen LogP contribution in [0.15, 0.2) is 231 Å². The molecule has 0 aromatic heterocycles.